The summed E-state index contributed by atoms with van der Waals surface area (Å²) < 4.78 is 8.11. The maximum atomic E-state index is 10.2. The van der Waals surface area contributed by atoms with Crippen molar-refractivity contribution in [1.82, 2.24) is 19.5 Å². The maximum absolute atomic E-state index is 10.2. The van der Waals surface area contributed by atoms with E-state index in [0.717, 1.165) is 9.35 Å². The van der Waals surface area contributed by atoms with Crippen LogP contribution in [0.3, 0.4) is 0 Å². The molecule has 4 atom stereocenters. The van der Waals surface area contributed by atoms with E-state index in [4.69, 9.17) is 4.74 Å². The van der Waals surface area contributed by atoms with Crippen LogP contribution in [0.1, 0.15) is 11.1 Å². The van der Waals surface area contributed by atoms with Crippen molar-refractivity contribution in [3.05, 3.63) is 33.5 Å². The van der Waals surface area contributed by atoms with Crippen molar-refractivity contribution in [2.45, 2.75) is 31.1 Å². The van der Waals surface area contributed by atoms with Gasteiger partial charge in [0.1, 0.15) is 24.6 Å². The number of hydrogen-bond acceptors (Lipinski definition) is 9. The molecule has 1 saturated heterocycles. The summed E-state index contributed by atoms with van der Waals surface area (Å²) in [6.07, 6.45) is -1.24. The van der Waals surface area contributed by atoms with Gasteiger partial charge in [-0.05, 0) is 22.0 Å². The minimum Gasteiger partial charge on any atom is -0.394 e. The van der Waals surface area contributed by atoms with Gasteiger partial charge in [0.2, 0.25) is 0 Å². The van der Waals surface area contributed by atoms with Crippen molar-refractivity contribution in [2.24, 2.45) is 0 Å². The van der Waals surface area contributed by atoms with Gasteiger partial charge in [-0.2, -0.15) is 0 Å². The zero-order valence-electron chi connectivity index (χ0n) is 13.4. The van der Waals surface area contributed by atoms with Crippen LogP contribution < -0.4 is 5.32 Å². The maximum Gasteiger partial charge on any atom is 0.167 e. The molecule has 11 heteroatoms. The number of nitrogens with zero attached hydrogens (tertiary/aromatic N) is 4. The largest absolute Gasteiger partial charge is 0.394 e. The molecule has 1 aliphatic heterocycles. The van der Waals surface area contributed by atoms with Crippen molar-refractivity contribution in [1.29, 1.82) is 0 Å². The van der Waals surface area contributed by atoms with E-state index in [0.29, 0.717) is 23.5 Å². The Kier molecular flexibility index (Phi) is 4.90. The number of aromatic nitrogens is 4. The molecule has 1 fully saturated rings. The molecule has 26 heavy (non-hydrogen) atoms. The number of imidazole rings is 1. The van der Waals surface area contributed by atoms with Gasteiger partial charge in [-0.25, -0.2) is 15.0 Å². The van der Waals surface area contributed by atoms with E-state index in [1.54, 1.807) is 11.3 Å². The second-order valence-corrected chi connectivity index (χ2v) is 7.77. The first-order chi connectivity index (χ1) is 12.6. The topological polar surface area (TPSA) is 126 Å². The standard InChI is InChI=1S/C15H16BrN5O4S/c16-7-1-8(26-4-7)2-17-13-10-14(19-5-18-13)21(6-20-10)15-12(24)11(23)9(3-22)25-15/h1,4-6,9,11-12,15,22-24H,2-3H2,(H,17,18,19)/t9-,11-,12-,15-/m1/s1. The normalized spacial score (nSPS) is 25.8. The number of ether oxygens (including phenoxy) is 1. The lowest BCUT2D eigenvalue weighted by atomic mass is 10.1. The van der Waals surface area contributed by atoms with E-state index in [1.807, 2.05) is 11.4 Å². The highest BCUT2D eigenvalue weighted by Crippen LogP contribution is 2.32. The third-order valence-corrected chi connectivity index (χ3v) is 5.90. The van der Waals surface area contributed by atoms with Crippen LogP contribution in [0.25, 0.3) is 11.2 Å². The fraction of sp³-hybridized carbons (Fsp3) is 0.400. The molecule has 138 valence electrons. The van der Waals surface area contributed by atoms with Crippen LogP contribution in [-0.2, 0) is 11.3 Å². The average Bonchev–Trinajstić information content (AvgIpc) is 3.32. The predicted octanol–water partition coefficient (Wildman–Crippen LogP) is 0.874. The van der Waals surface area contributed by atoms with E-state index < -0.39 is 24.5 Å². The zero-order valence-corrected chi connectivity index (χ0v) is 15.8. The first-order valence-corrected chi connectivity index (χ1v) is 9.52. The monoisotopic (exact) mass is 441 g/mol. The highest BCUT2D eigenvalue weighted by atomic mass is 79.9. The van der Waals surface area contributed by atoms with Crippen molar-refractivity contribution < 1.29 is 20.1 Å². The SMILES string of the molecule is OC[C@H]1O[C@@H](n2cnc3c(NCc4cc(Br)cs4)ncnc32)[C@H](O)[C@@H]1O. The molecule has 4 heterocycles. The van der Waals surface area contributed by atoms with E-state index >= 15 is 0 Å². The molecule has 0 amide bonds. The number of fused-ring (bicyclic) bond motifs is 1. The molecular formula is C15H16BrN5O4S. The molecule has 9 nitrogen and oxygen atoms in total. The molecule has 3 aromatic rings. The lowest BCUT2D eigenvalue weighted by molar-refractivity contribution is -0.0511. The highest BCUT2D eigenvalue weighted by Gasteiger charge is 2.44. The Morgan fingerprint density at radius 1 is 1.27 bits per heavy atom. The van der Waals surface area contributed by atoms with Gasteiger partial charge in [0, 0.05) is 14.7 Å². The molecular weight excluding hydrogens is 426 g/mol. The molecule has 1 aliphatic rings. The number of aliphatic hydroxyl groups excluding tert-OH is 3. The minimum absolute atomic E-state index is 0.389. The summed E-state index contributed by atoms with van der Waals surface area (Å²) in [6, 6.07) is 2.02. The molecule has 3 aromatic heterocycles. The second kappa shape index (κ2) is 7.18. The molecule has 0 aliphatic carbocycles. The third-order valence-electron chi connectivity index (χ3n) is 4.20. The Hall–Kier alpha value is -1.63. The number of hydrogen-bond donors (Lipinski definition) is 4. The molecule has 0 radical (unpaired) electrons. The van der Waals surface area contributed by atoms with Gasteiger partial charge in [-0.15, -0.1) is 11.3 Å². The molecule has 0 aromatic carbocycles. The van der Waals surface area contributed by atoms with Gasteiger partial charge < -0.3 is 25.4 Å². The van der Waals surface area contributed by atoms with Crippen molar-refractivity contribution >= 4 is 44.2 Å². The molecule has 0 bridgehead atoms. The number of aliphatic hydroxyl groups is 3. The molecule has 0 unspecified atom stereocenters. The summed E-state index contributed by atoms with van der Waals surface area (Å²) in [5.74, 6) is 0.560. The fourth-order valence-corrected chi connectivity index (χ4v) is 4.29. The lowest BCUT2D eigenvalue weighted by Gasteiger charge is -2.16. The zero-order chi connectivity index (χ0) is 18.3. The first-order valence-electron chi connectivity index (χ1n) is 7.85. The first kappa shape index (κ1) is 17.8. The van der Waals surface area contributed by atoms with E-state index in [1.165, 1.54) is 17.2 Å². The minimum atomic E-state index is -1.20. The summed E-state index contributed by atoms with van der Waals surface area (Å²) in [4.78, 5) is 13.9. The van der Waals surface area contributed by atoms with Crippen LogP contribution in [0.5, 0.6) is 0 Å². The van der Waals surface area contributed by atoms with Crippen LogP contribution in [0.4, 0.5) is 5.82 Å². The summed E-state index contributed by atoms with van der Waals surface area (Å²) >= 11 is 5.05. The highest BCUT2D eigenvalue weighted by molar-refractivity contribution is 9.10. The van der Waals surface area contributed by atoms with Crippen molar-refractivity contribution in [2.75, 3.05) is 11.9 Å². The number of nitrogens with one attached hydrogen (secondary N) is 1. The Morgan fingerprint density at radius 3 is 2.81 bits per heavy atom. The summed E-state index contributed by atoms with van der Waals surface area (Å²) in [7, 11) is 0. The van der Waals surface area contributed by atoms with Crippen molar-refractivity contribution in [3.63, 3.8) is 0 Å². The molecule has 4 rings (SSSR count). The van der Waals surface area contributed by atoms with Crippen LogP contribution >= 0.6 is 27.3 Å². The fourth-order valence-electron chi connectivity index (χ4n) is 2.89. The molecule has 0 saturated carbocycles. The van der Waals surface area contributed by atoms with E-state index in [2.05, 4.69) is 36.2 Å². The van der Waals surface area contributed by atoms with Crippen LogP contribution in [0, 0.1) is 0 Å². The van der Waals surface area contributed by atoms with Gasteiger partial charge >= 0.3 is 0 Å². The quantitative estimate of drug-likeness (QED) is 0.459. The van der Waals surface area contributed by atoms with Gasteiger partial charge in [0.15, 0.2) is 23.2 Å². The van der Waals surface area contributed by atoms with Gasteiger partial charge in [0.05, 0.1) is 19.5 Å². The van der Waals surface area contributed by atoms with Crippen LogP contribution in [0.15, 0.2) is 28.6 Å². The number of anilines is 1. The number of halogens is 1. The average molecular weight is 442 g/mol. The van der Waals surface area contributed by atoms with Crippen LogP contribution in [0.2, 0.25) is 0 Å². The second-order valence-electron chi connectivity index (χ2n) is 5.86. The Morgan fingerprint density at radius 2 is 2.12 bits per heavy atom. The summed E-state index contributed by atoms with van der Waals surface area (Å²) in [5.41, 5.74) is 0.991. The summed E-state index contributed by atoms with van der Waals surface area (Å²) in [5, 5.41) is 34.6. The Bertz CT molecular complexity index is 918. The van der Waals surface area contributed by atoms with Crippen LogP contribution in [-0.4, -0.2) is 59.8 Å². The Labute approximate surface area is 160 Å². The lowest BCUT2D eigenvalue weighted by Crippen LogP contribution is -2.33. The van der Waals surface area contributed by atoms with E-state index in [-0.39, 0.29) is 6.61 Å². The van der Waals surface area contributed by atoms with Crippen molar-refractivity contribution in [3.8, 4) is 0 Å². The van der Waals surface area contributed by atoms with Gasteiger partial charge in [0.25, 0.3) is 0 Å². The predicted molar refractivity (Wildman–Crippen MR) is 97.7 cm³/mol. The molecule has 4 N–H and O–H groups in total. The molecule has 0 spiro atoms. The number of thiophene rings is 1. The Balaban J connectivity index is 1.61. The van der Waals surface area contributed by atoms with Gasteiger partial charge in [-0.1, -0.05) is 0 Å². The van der Waals surface area contributed by atoms with E-state index in [9.17, 15) is 15.3 Å². The van der Waals surface area contributed by atoms with Gasteiger partial charge in [-0.3, -0.25) is 4.57 Å². The number of rotatable bonds is 5. The third kappa shape index (κ3) is 3.10. The summed E-state index contributed by atoms with van der Waals surface area (Å²) in [6.45, 7) is 0.197. The smallest absolute Gasteiger partial charge is 0.167 e.